The van der Waals surface area contributed by atoms with E-state index in [1.165, 1.54) is 37.3 Å². The number of halogens is 3. The van der Waals surface area contributed by atoms with Crippen LogP contribution in [0.3, 0.4) is 0 Å². The molecule has 3 aliphatic carbocycles. The minimum Gasteiger partial charge on any atom is -0.481 e. The van der Waals surface area contributed by atoms with E-state index in [9.17, 15) is 63.0 Å². The first-order valence-corrected chi connectivity index (χ1v) is 27.2. The minimum atomic E-state index is -1.68. The van der Waals surface area contributed by atoms with Crippen molar-refractivity contribution in [1.29, 1.82) is 0 Å². The van der Waals surface area contributed by atoms with Crippen LogP contribution < -0.4 is 26.6 Å². The quantitative estimate of drug-likeness (QED) is 0.0177. The van der Waals surface area contributed by atoms with Crippen LogP contribution in [-0.4, -0.2) is 135 Å². The summed E-state index contributed by atoms with van der Waals surface area (Å²) in [5.74, 6) is -7.76. The van der Waals surface area contributed by atoms with E-state index in [-0.39, 0.29) is 59.0 Å². The van der Waals surface area contributed by atoms with Crippen LogP contribution in [0.2, 0.25) is 0 Å². The Bertz CT molecular complexity index is 2570. The van der Waals surface area contributed by atoms with Crippen LogP contribution in [0.15, 0.2) is 57.0 Å². The van der Waals surface area contributed by atoms with Gasteiger partial charge in [-0.05, 0) is 125 Å². The number of esters is 1. The summed E-state index contributed by atoms with van der Waals surface area (Å²) < 4.78 is 17.0. The number of aliphatic hydroxyl groups is 1. The Morgan fingerprint density at radius 2 is 1.61 bits per heavy atom. The summed E-state index contributed by atoms with van der Waals surface area (Å²) in [6, 6.07) is 3.52. The van der Waals surface area contributed by atoms with Gasteiger partial charge in [-0.15, -0.1) is 11.6 Å². The van der Waals surface area contributed by atoms with E-state index in [1.54, 1.807) is 19.1 Å². The molecule has 1 aromatic carbocycles. The number of Topliss-reactive ketones (excluding diaryl/α,β-unsaturated/α-hetero) is 1. The molecule has 7 amide bonds. The average Bonchev–Trinajstić information content (AvgIpc) is 4.01. The number of nitrogens with zero attached hydrogens (tertiary/aromatic N) is 1. The van der Waals surface area contributed by atoms with Gasteiger partial charge in [-0.3, -0.25) is 52.8 Å². The lowest BCUT2D eigenvalue weighted by atomic mass is 9.51. The number of carboxylic acid groups (broad SMARTS) is 1. The Balaban J connectivity index is 1.05. The number of alkyl halides is 1. The smallest absolute Gasteiger partial charge is 0.407 e. The summed E-state index contributed by atoms with van der Waals surface area (Å²) in [6.07, 6.45) is 4.32. The molecule has 0 radical (unpaired) electrons. The number of alkyl carbamates (subject to hydrolysis) is 1. The van der Waals surface area contributed by atoms with E-state index < -0.39 is 132 Å². The fourth-order valence-electron chi connectivity index (χ4n) is 10.8. The van der Waals surface area contributed by atoms with Crippen molar-refractivity contribution >= 4 is 114 Å². The van der Waals surface area contributed by atoms with Crippen molar-refractivity contribution in [3.05, 3.63) is 62.6 Å². The standard InChI is InChI=1S/C52H65Br2ClN6O16/c1-6-8-9-33(62)21-31-12-15-34-35-20-28(3)52(77-42(69)7-2,50(35,5)23-37(63)51(34,55)22-31)38(64)26-75-27-57-40(66)24-56-49(74)76-25-30-10-13-32(14-11-30)59-45(70)29(4)58-46(71)36(16-17-41(67)68)60-39(65)18-19-61-47(72)43(53)44(54)48(61)73/h8-11,13-14,21,28-29,34-37,63H,6-7,12,15-20,22-27H2,1-5H3,(H,56,74)(H,57,66)(H,58,71)(H,59,70)(H,60,65)(H,67,68)/b9-8-,31-21-/t28-,29-,34-,35?,36-,37-,50-,51-,52-/m0/s1. The van der Waals surface area contributed by atoms with Crippen LogP contribution >= 0.6 is 43.5 Å². The van der Waals surface area contributed by atoms with Crippen molar-refractivity contribution in [3.63, 3.8) is 0 Å². The van der Waals surface area contributed by atoms with Crippen LogP contribution in [0.5, 0.6) is 0 Å². The first-order chi connectivity index (χ1) is 36.3. The molecule has 7 N–H and O–H groups in total. The molecular formula is C52H65Br2ClN6O16. The topological polar surface area (TPSA) is 319 Å². The van der Waals surface area contributed by atoms with E-state index in [1.807, 2.05) is 20.8 Å². The number of benzene rings is 1. The van der Waals surface area contributed by atoms with Gasteiger partial charge < -0.3 is 51.0 Å². The van der Waals surface area contributed by atoms with E-state index in [0.717, 1.165) is 10.5 Å². The zero-order valence-corrected chi connectivity index (χ0v) is 47.2. The van der Waals surface area contributed by atoms with E-state index >= 15 is 0 Å². The normalized spacial score (nSPS) is 26.0. The monoisotopic (exact) mass is 1220 g/mol. The molecule has 0 bridgehead atoms. The predicted octanol–water partition coefficient (Wildman–Crippen LogP) is 4.48. The predicted molar refractivity (Wildman–Crippen MR) is 283 cm³/mol. The first kappa shape index (κ1) is 62.0. The Labute approximate surface area is 466 Å². The molecule has 3 saturated carbocycles. The lowest BCUT2D eigenvalue weighted by molar-refractivity contribution is -0.201. The Morgan fingerprint density at radius 3 is 2.25 bits per heavy atom. The lowest BCUT2D eigenvalue weighted by Crippen LogP contribution is -2.66. The number of ether oxygens (including phenoxy) is 3. The molecule has 0 aromatic heterocycles. The maximum Gasteiger partial charge on any atom is 0.407 e. The average molecular weight is 1230 g/mol. The van der Waals surface area contributed by atoms with E-state index in [4.69, 9.17) is 25.8 Å². The molecule has 1 unspecified atom stereocenters. The number of carbonyl (C=O) groups excluding carboxylic acids is 10. The Kier molecular flexibility index (Phi) is 21.9. The number of aliphatic carboxylic acids is 1. The number of allylic oxidation sites excluding steroid dienone is 4. The SMILES string of the molecule is CC/C=C\C(=O)/C=C1/CC[C@H]2C3C[C@H](C)[C@](OC(=O)CC)(C(=O)COCNC(=O)CNC(=O)OCc4ccc(NC(=O)[C@H](C)NC(=O)[C@H](CCC(=O)O)NC(=O)CCN5C(=O)C(Br)=C(Br)C5=O)cc4)[C@@]3(C)C[C@H](O)[C@]2(Cl)C1. The summed E-state index contributed by atoms with van der Waals surface area (Å²) in [5.41, 5.74) is -1.08. The fourth-order valence-corrected chi connectivity index (χ4v) is 12.0. The summed E-state index contributed by atoms with van der Waals surface area (Å²) >= 11 is 13.3. The summed E-state index contributed by atoms with van der Waals surface area (Å²) in [6.45, 7) is 6.55. The number of imide groups is 1. The third kappa shape index (κ3) is 14.9. The van der Waals surface area contributed by atoms with Crippen molar-refractivity contribution in [1.82, 2.24) is 26.2 Å². The van der Waals surface area contributed by atoms with E-state index in [2.05, 4.69) is 58.4 Å². The number of hydrogen-bond acceptors (Lipinski definition) is 15. The third-order valence-corrected chi connectivity index (χ3v) is 17.3. The van der Waals surface area contributed by atoms with Gasteiger partial charge in [0.1, 0.15) is 47.5 Å². The Morgan fingerprint density at radius 1 is 0.935 bits per heavy atom. The number of nitrogens with one attached hydrogen (secondary N) is 5. The number of aliphatic hydroxyl groups excluding tert-OH is 1. The molecule has 1 aliphatic heterocycles. The molecular weight excluding hydrogens is 1160 g/mol. The largest absolute Gasteiger partial charge is 0.481 e. The van der Waals surface area contributed by atoms with Gasteiger partial charge in [0.05, 0.1) is 11.0 Å². The highest BCUT2D eigenvalue weighted by Crippen LogP contribution is 2.68. The maximum absolute atomic E-state index is 14.4. The highest BCUT2D eigenvalue weighted by Gasteiger charge is 2.73. The molecule has 22 nitrogen and oxygen atoms in total. The molecule has 4 aliphatic rings. The maximum atomic E-state index is 14.4. The molecule has 3 fully saturated rings. The summed E-state index contributed by atoms with van der Waals surface area (Å²) in [4.78, 5) is 140. The number of ketones is 2. The highest BCUT2D eigenvalue weighted by atomic mass is 79.9. The minimum absolute atomic E-state index is 0.00389. The molecule has 77 heavy (non-hydrogen) atoms. The number of carboxylic acids is 1. The number of amides is 7. The first-order valence-electron chi connectivity index (χ1n) is 25.2. The summed E-state index contributed by atoms with van der Waals surface area (Å²) in [5, 5.41) is 33.2. The number of fused-ring (bicyclic) bond motifs is 3. The van der Waals surface area contributed by atoms with Crippen molar-refractivity contribution in [2.75, 3.05) is 31.7 Å². The van der Waals surface area contributed by atoms with Crippen molar-refractivity contribution in [2.24, 2.45) is 23.2 Å². The van der Waals surface area contributed by atoms with Gasteiger partial charge in [-0.25, -0.2) is 4.79 Å². The molecule has 1 heterocycles. The van der Waals surface area contributed by atoms with Crippen LogP contribution in [0.1, 0.15) is 104 Å². The van der Waals surface area contributed by atoms with Crippen LogP contribution in [0.4, 0.5) is 10.5 Å². The highest BCUT2D eigenvalue weighted by molar-refractivity contribution is 9.14. The van der Waals surface area contributed by atoms with Crippen molar-refractivity contribution in [2.45, 2.75) is 134 Å². The van der Waals surface area contributed by atoms with E-state index in [0.29, 0.717) is 43.4 Å². The van der Waals surface area contributed by atoms with Gasteiger partial charge in [0.2, 0.25) is 29.4 Å². The summed E-state index contributed by atoms with van der Waals surface area (Å²) in [7, 11) is 0. The molecule has 9 atom stereocenters. The van der Waals surface area contributed by atoms with Crippen LogP contribution in [0.25, 0.3) is 0 Å². The molecule has 0 saturated heterocycles. The molecule has 0 spiro atoms. The zero-order chi connectivity index (χ0) is 57.0. The molecule has 25 heteroatoms. The van der Waals surface area contributed by atoms with Gasteiger partial charge in [0, 0.05) is 42.8 Å². The Hall–Kier alpha value is -5.82. The fraction of sp³-hybridized carbons (Fsp3) is 0.558. The van der Waals surface area contributed by atoms with Gasteiger partial charge in [-0.1, -0.05) is 51.5 Å². The number of rotatable bonds is 25. The third-order valence-electron chi connectivity index (χ3n) is 14.6. The number of anilines is 1. The number of carbonyl (C=O) groups is 11. The second-order valence-electron chi connectivity index (χ2n) is 19.8. The second kappa shape index (κ2) is 27.2. The second-order valence-corrected chi connectivity index (χ2v) is 22.1. The van der Waals surface area contributed by atoms with Gasteiger partial charge in [-0.2, -0.15) is 0 Å². The van der Waals surface area contributed by atoms with Gasteiger partial charge in [0.15, 0.2) is 11.4 Å². The van der Waals surface area contributed by atoms with Crippen LogP contribution in [0, 0.1) is 23.2 Å². The molecule has 1 aromatic rings. The molecule has 5 rings (SSSR count). The zero-order valence-electron chi connectivity index (χ0n) is 43.3. The molecule has 420 valence electrons. The van der Waals surface area contributed by atoms with Crippen molar-refractivity contribution in [3.8, 4) is 0 Å². The van der Waals surface area contributed by atoms with Gasteiger partial charge in [0.25, 0.3) is 11.8 Å². The van der Waals surface area contributed by atoms with Crippen LogP contribution in [-0.2, 0) is 68.8 Å². The van der Waals surface area contributed by atoms with Gasteiger partial charge >= 0.3 is 18.0 Å². The lowest BCUT2D eigenvalue weighted by Gasteiger charge is -2.58. The number of hydrogen-bond donors (Lipinski definition) is 7. The van der Waals surface area contributed by atoms with Crippen molar-refractivity contribution < 1.29 is 77.2 Å².